The number of aliphatic hydroxyl groups excluding tert-OH is 1. The molecule has 0 aliphatic rings. The molecule has 0 amide bonds. The highest BCUT2D eigenvalue weighted by Gasteiger charge is 1.92. The zero-order valence-corrected chi connectivity index (χ0v) is 11.2. The average molecular weight is 227 g/mol. The van der Waals surface area contributed by atoms with Crippen molar-refractivity contribution in [1.82, 2.24) is 4.98 Å². The molecule has 0 unspecified atom stereocenters. The number of ether oxygens (including phenoxy) is 1. The minimum Gasteiger partial charge on any atom is -0.478 e. The molecule has 0 radical (unpaired) electrons. The molecule has 1 heterocycles. The lowest BCUT2D eigenvalue weighted by Crippen LogP contribution is -2.00. The van der Waals surface area contributed by atoms with Crippen molar-refractivity contribution >= 4 is 0 Å². The smallest absolute Gasteiger partial charge is 0.213 e. The predicted octanol–water partition coefficient (Wildman–Crippen LogP) is 3.20. The molecule has 1 aromatic rings. The summed E-state index contributed by atoms with van der Waals surface area (Å²) in [6.45, 7) is 10.7. The van der Waals surface area contributed by atoms with Crippen LogP contribution in [0.1, 0.15) is 39.7 Å². The lowest BCUT2D eigenvalue weighted by molar-refractivity contribution is 0.229. The average Bonchev–Trinajstić information content (AvgIpc) is 2.37. The van der Waals surface area contributed by atoms with Crippen molar-refractivity contribution in [3.8, 4) is 5.88 Å². The van der Waals surface area contributed by atoms with Crippen LogP contribution in [0.2, 0.25) is 0 Å². The van der Waals surface area contributed by atoms with E-state index in [1.807, 2.05) is 46.8 Å². The Labute approximate surface area is 99.5 Å². The van der Waals surface area contributed by atoms with Gasteiger partial charge in [0.1, 0.15) is 0 Å². The van der Waals surface area contributed by atoms with Crippen molar-refractivity contribution in [2.24, 2.45) is 0 Å². The maximum atomic E-state index is 8.49. The largest absolute Gasteiger partial charge is 0.478 e. The first kappa shape index (κ1) is 17.3. The SMILES string of the molecule is CC.CC.Cc1ccc(OCCCO)nc1. The molecule has 0 spiro atoms. The second kappa shape index (κ2) is 13.9. The summed E-state index contributed by atoms with van der Waals surface area (Å²) < 4.78 is 5.23. The van der Waals surface area contributed by atoms with E-state index in [0.29, 0.717) is 18.9 Å². The molecule has 1 aromatic heterocycles. The number of pyridine rings is 1. The summed E-state index contributed by atoms with van der Waals surface area (Å²) >= 11 is 0. The highest BCUT2D eigenvalue weighted by atomic mass is 16.5. The molecular weight excluding hydrogens is 202 g/mol. The van der Waals surface area contributed by atoms with Crippen LogP contribution in [-0.4, -0.2) is 23.3 Å². The summed E-state index contributed by atoms with van der Waals surface area (Å²) in [5.74, 6) is 0.619. The van der Waals surface area contributed by atoms with Crippen LogP contribution in [0.3, 0.4) is 0 Å². The Bertz CT molecular complexity index is 222. The van der Waals surface area contributed by atoms with E-state index in [0.717, 1.165) is 5.56 Å². The van der Waals surface area contributed by atoms with Gasteiger partial charge in [-0.15, -0.1) is 0 Å². The first-order valence-corrected chi connectivity index (χ1v) is 5.99. The highest BCUT2D eigenvalue weighted by Crippen LogP contribution is 2.06. The van der Waals surface area contributed by atoms with Crippen LogP contribution in [0, 0.1) is 6.92 Å². The summed E-state index contributed by atoms with van der Waals surface area (Å²) in [4.78, 5) is 4.05. The third-order valence-electron chi connectivity index (χ3n) is 1.44. The minimum absolute atomic E-state index is 0.159. The van der Waals surface area contributed by atoms with E-state index in [-0.39, 0.29) is 6.61 Å². The van der Waals surface area contributed by atoms with Crippen LogP contribution < -0.4 is 4.74 Å². The Morgan fingerprint density at radius 3 is 2.25 bits per heavy atom. The monoisotopic (exact) mass is 227 g/mol. The van der Waals surface area contributed by atoms with Gasteiger partial charge < -0.3 is 9.84 Å². The van der Waals surface area contributed by atoms with Crippen molar-refractivity contribution in [3.63, 3.8) is 0 Å². The summed E-state index contributed by atoms with van der Waals surface area (Å²) in [7, 11) is 0. The van der Waals surface area contributed by atoms with Gasteiger partial charge in [-0.05, 0) is 12.5 Å². The fourth-order valence-electron chi connectivity index (χ4n) is 0.781. The van der Waals surface area contributed by atoms with Gasteiger partial charge >= 0.3 is 0 Å². The van der Waals surface area contributed by atoms with E-state index in [1.165, 1.54) is 0 Å². The van der Waals surface area contributed by atoms with Gasteiger partial charge in [0.05, 0.1) is 6.61 Å². The minimum atomic E-state index is 0.159. The molecule has 16 heavy (non-hydrogen) atoms. The van der Waals surface area contributed by atoms with Crippen LogP contribution in [0.25, 0.3) is 0 Å². The van der Waals surface area contributed by atoms with Gasteiger partial charge in [0.15, 0.2) is 0 Å². The fourth-order valence-corrected chi connectivity index (χ4v) is 0.781. The van der Waals surface area contributed by atoms with Gasteiger partial charge in [-0.3, -0.25) is 0 Å². The molecule has 0 aromatic carbocycles. The maximum Gasteiger partial charge on any atom is 0.213 e. The van der Waals surface area contributed by atoms with Crippen molar-refractivity contribution in [2.45, 2.75) is 41.0 Å². The number of nitrogens with zero attached hydrogens (tertiary/aromatic N) is 1. The van der Waals surface area contributed by atoms with Gasteiger partial charge in [-0.1, -0.05) is 33.8 Å². The molecule has 0 aliphatic carbocycles. The standard InChI is InChI=1S/C9H13NO2.2C2H6/c1-8-3-4-9(10-7-8)12-6-2-5-11;2*1-2/h3-4,7,11H,2,5-6H2,1H3;2*1-2H3. The molecule has 0 fully saturated rings. The van der Waals surface area contributed by atoms with E-state index in [1.54, 1.807) is 6.20 Å². The highest BCUT2D eigenvalue weighted by molar-refractivity contribution is 5.16. The first-order valence-electron chi connectivity index (χ1n) is 5.99. The Morgan fingerprint density at radius 1 is 1.19 bits per heavy atom. The molecule has 1 N–H and O–H groups in total. The topological polar surface area (TPSA) is 42.4 Å². The number of aliphatic hydroxyl groups is 1. The van der Waals surface area contributed by atoms with Gasteiger partial charge in [0.2, 0.25) is 5.88 Å². The molecule has 1 rings (SSSR count). The van der Waals surface area contributed by atoms with Crippen LogP contribution in [0.15, 0.2) is 18.3 Å². The van der Waals surface area contributed by atoms with Gasteiger partial charge in [0, 0.05) is 25.3 Å². The van der Waals surface area contributed by atoms with Crippen LogP contribution >= 0.6 is 0 Å². The molecular formula is C13H25NO2. The maximum absolute atomic E-state index is 8.49. The summed E-state index contributed by atoms with van der Waals surface area (Å²) in [5.41, 5.74) is 1.12. The molecule has 3 nitrogen and oxygen atoms in total. The van der Waals surface area contributed by atoms with E-state index < -0.39 is 0 Å². The van der Waals surface area contributed by atoms with Crippen LogP contribution in [0.5, 0.6) is 5.88 Å². The van der Waals surface area contributed by atoms with E-state index in [4.69, 9.17) is 9.84 Å². The van der Waals surface area contributed by atoms with Crippen molar-refractivity contribution in [2.75, 3.05) is 13.2 Å². The number of hydrogen-bond acceptors (Lipinski definition) is 3. The Morgan fingerprint density at radius 2 is 1.81 bits per heavy atom. The van der Waals surface area contributed by atoms with Crippen molar-refractivity contribution in [1.29, 1.82) is 0 Å². The molecule has 3 heteroatoms. The molecule has 0 atom stereocenters. The third-order valence-corrected chi connectivity index (χ3v) is 1.44. The normalized spacial score (nSPS) is 8.12. The van der Waals surface area contributed by atoms with E-state index in [2.05, 4.69) is 4.98 Å². The summed E-state index contributed by atoms with van der Waals surface area (Å²) in [6.07, 6.45) is 2.41. The molecule has 0 bridgehead atoms. The third kappa shape index (κ3) is 9.46. The zero-order valence-electron chi connectivity index (χ0n) is 11.2. The number of rotatable bonds is 4. The number of aryl methyl sites for hydroxylation is 1. The molecule has 0 saturated carbocycles. The Kier molecular flexibility index (Phi) is 15.0. The number of aromatic nitrogens is 1. The quantitative estimate of drug-likeness (QED) is 0.803. The van der Waals surface area contributed by atoms with Gasteiger partial charge in [0.25, 0.3) is 0 Å². The van der Waals surface area contributed by atoms with E-state index >= 15 is 0 Å². The summed E-state index contributed by atoms with van der Waals surface area (Å²) in [5, 5.41) is 8.49. The molecule has 0 saturated heterocycles. The first-order chi connectivity index (χ1) is 7.83. The Hall–Kier alpha value is -1.09. The predicted molar refractivity (Wildman–Crippen MR) is 68.9 cm³/mol. The van der Waals surface area contributed by atoms with Gasteiger partial charge in [-0.2, -0.15) is 0 Å². The zero-order chi connectivity index (χ0) is 12.8. The number of hydrogen-bond donors (Lipinski definition) is 1. The molecule has 0 aliphatic heterocycles. The second-order valence-corrected chi connectivity index (χ2v) is 2.60. The molecule has 94 valence electrons. The lowest BCUT2D eigenvalue weighted by atomic mass is 10.3. The van der Waals surface area contributed by atoms with E-state index in [9.17, 15) is 0 Å². The van der Waals surface area contributed by atoms with Gasteiger partial charge in [-0.25, -0.2) is 4.98 Å². The lowest BCUT2D eigenvalue weighted by Gasteiger charge is -2.02. The fraction of sp³-hybridized carbons (Fsp3) is 0.615. The van der Waals surface area contributed by atoms with Crippen LogP contribution in [0.4, 0.5) is 0 Å². The second-order valence-electron chi connectivity index (χ2n) is 2.60. The summed E-state index contributed by atoms with van der Waals surface area (Å²) in [6, 6.07) is 3.77. The van der Waals surface area contributed by atoms with Crippen LogP contribution in [-0.2, 0) is 0 Å². The van der Waals surface area contributed by atoms with Crippen molar-refractivity contribution in [3.05, 3.63) is 23.9 Å². The Balaban J connectivity index is 0. The van der Waals surface area contributed by atoms with Crippen molar-refractivity contribution < 1.29 is 9.84 Å².